The van der Waals surface area contributed by atoms with Crippen molar-refractivity contribution in [2.75, 3.05) is 52.9 Å². The van der Waals surface area contributed by atoms with Gasteiger partial charge in [0.2, 0.25) is 0 Å². The highest BCUT2D eigenvalue weighted by molar-refractivity contribution is 5.67. The molecule has 1 unspecified atom stereocenters. The Morgan fingerprint density at radius 3 is 2.53 bits per heavy atom. The SMILES string of the molecule is CCOC(=O)N1CCN(CC(C)CNC)CC1. The molecule has 1 atom stereocenters. The van der Waals surface area contributed by atoms with Crippen LogP contribution in [0.1, 0.15) is 13.8 Å². The molecule has 0 aromatic heterocycles. The minimum atomic E-state index is -0.171. The van der Waals surface area contributed by atoms with E-state index in [1.54, 1.807) is 4.90 Å². The van der Waals surface area contributed by atoms with E-state index >= 15 is 0 Å². The third kappa shape index (κ3) is 4.91. The number of nitrogens with one attached hydrogen (secondary N) is 1. The smallest absolute Gasteiger partial charge is 0.409 e. The molecule has 1 rings (SSSR count). The summed E-state index contributed by atoms with van der Waals surface area (Å²) in [5.74, 6) is 0.647. The third-order valence-corrected chi connectivity index (χ3v) is 3.02. The molecule has 5 heteroatoms. The molecule has 1 aliphatic rings. The van der Waals surface area contributed by atoms with Crippen molar-refractivity contribution in [3.05, 3.63) is 0 Å². The summed E-state index contributed by atoms with van der Waals surface area (Å²) < 4.78 is 4.99. The maximum absolute atomic E-state index is 11.5. The molecule has 100 valence electrons. The third-order valence-electron chi connectivity index (χ3n) is 3.02. The van der Waals surface area contributed by atoms with Crippen LogP contribution in [-0.4, -0.2) is 68.8 Å². The molecule has 0 radical (unpaired) electrons. The topological polar surface area (TPSA) is 44.8 Å². The lowest BCUT2D eigenvalue weighted by Crippen LogP contribution is -2.50. The number of hydrogen-bond donors (Lipinski definition) is 1. The van der Waals surface area contributed by atoms with E-state index in [0.717, 1.165) is 39.3 Å². The highest BCUT2D eigenvalue weighted by Crippen LogP contribution is 2.06. The molecule has 0 aromatic rings. The fraction of sp³-hybridized carbons (Fsp3) is 0.917. The lowest BCUT2D eigenvalue weighted by atomic mass is 10.1. The van der Waals surface area contributed by atoms with E-state index in [2.05, 4.69) is 17.1 Å². The zero-order valence-electron chi connectivity index (χ0n) is 11.2. The van der Waals surface area contributed by atoms with Crippen molar-refractivity contribution in [3.8, 4) is 0 Å². The highest BCUT2D eigenvalue weighted by atomic mass is 16.6. The summed E-state index contributed by atoms with van der Waals surface area (Å²) in [4.78, 5) is 15.7. The van der Waals surface area contributed by atoms with Gasteiger partial charge in [0.05, 0.1) is 6.61 Å². The molecule has 0 saturated carbocycles. The van der Waals surface area contributed by atoms with Gasteiger partial charge in [-0.05, 0) is 26.4 Å². The number of carbonyl (C=O) groups excluding carboxylic acids is 1. The largest absolute Gasteiger partial charge is 0.450 e. The van der Waals surface area contributed by atoms with Crippen LogP contribution in [0.15, 0.2) is 0 Å². The average molecular weight is 243 g/mol. The van der Waals surface area contributed by atoms with E-state index in [4.69, 9.17) is 4.74 Å². The number of nitrogens with zero attached hydrogens (tertiary/aromatic N) is 2. The van der Waals surface area contributed by atoms with Gasteiger partial charge in [-0.15, -0.1) is 0 Å². The van der Waals surface area contributed by atoms with Crippen molar-refractivity contribution in [3.63, 3.8) is 0 Å². The molecule has 1 fully saturated rings. The summed E-state index contributed by atoms with van der Waals surface area (Å²) in [5.41, 5.74) is 0. The quantitative estimate of drug-likeness (QED) is 0.769. The fourth-order valence-corrected chi connectivity index (χ4v) is 2.18. The Bertz CT molecular complexity index is 228. The Labute approximate surface area is 104 Å². The van der Waals surface area contributed by atoms with Crippen LogP contribution in [0.2, 0.25) is 0 Å². The summed E-state index contributed by atoms with van der Waals surface area (Å²) in [6.07, 6.45) is -0.171. The summed E-state index contributed by atoms with van der Waals surface area (Å²) >= 11 is 0. The molecule has 1 heterocycles. The zero-order chi connectivity index (χ0) is 12.7. The van der Waals surface area contributed by atoms with Crippen LogP contribution in [0.25, 0.3) is 0 Å². The molecule has 0 aromatic carbocycles. The van der Waals surface area contributed by atoms with Crippen LogP contribution in [0.3, 0.4) is 0 Å². The van der Waals surface area contributed by atoms with Gasteiger partial charge in [-0.3, -0.25) is 4.90 Å². The Hall–Kier alpha value is -0.810. The summed E-state index contributed by atoms with van der Waals surface area (Å²) in [6, 6.07) is 0. The molecule has 1 N–H and O–H groups in total. The van der Waals surface area contributed by atoms with Gasteiger partial charge in [0.15, 0.2) is 0 Å². The van der Waals surface area contributed by atoms with Crippen LogP contribution in [0, 0.1) is 5.92 Å². The molecule has 0 bridgehead atoms. The van der Waals surface area contributed by atoms with Gasteiger partial charge in [-0.1, -0.05) is 6.92 Å². The normalized spacial score (nSPS) is 19.1. The van der Waals surface area contributed by atoms with Gasteiger partial charge in [0, 0.05) is 32.7 Å². The predicted molar refractivity (Wildman–Crippen MR) is 68.1 cm³/mol. The Kier molecular flexibility index (Phi) is 6.29. The van der Waals surface area contributed by atoms with Gasteiger partial charge < -0.3 is 15.0 Å². The molecule has 0 spiro atoms. The van der Waals surface area contributed by atoms with Crippen LogP contribution in [-0.2, 0) is 4.74 Å². The molecule has 17 heavy (non-hydrogen) atoms. The molecule has 1 aliphatic heterocycles. The number of piperazine rings is 1. The molecular formula is C12H25N3O2. The van der Waals surface area contributed by atoms with Gasteiger partial charge in [0.1, 0.15) is 0 Å². The van der Waals surface area contributed by atoms with Crippen molar-refractivity contribution < 1.29 is 9.53 Å². The maximum atomic E-state index is 11.5. The van der Waals surface area contributed by atoms with Crippen molar-refractivity contribution in [2.24, 2.45) is 5.92 Å². The summed E-state index contributed by atoms with van der Waals surface area (Å²) in [5, 5.41) is 3.19. The second kappa shape index (κ2) is 7.50. The number of hydrogen-bond acceptors (Lipinski definition) is 4. The lowest BCUT2D eigenvalue weighted by molar-refractivity contribution is 0.0760. The van der Waals surface area contributed by atoms with Crippen LogP contribution in [0.5, 0.6) is 0 Å². The molecule has 1 amide bonds. The predicted octanol–water partition coefficient (Wildman–Crippen LogP) is 0.616. The zero-order valence-corrected chi connectivity index (χ0v) is 11.2. The molecule has 5 nitrogen and oxygen atoms in total. The van der Waals surface area contributed by atoms with Gasteiger partial charge in [-0.2, -0.15) is 0 Å². The molecule has 1 saturated heterocycles. The minimum Gasteiger partial charge on any atom is -0.450 e. The van der Waals surface area contributed by atoms with E-state index in [0.29, 0.717) is 12.5 Å². The lowest BCUT2D eigenvalue weighted by Gasteiger charge is -2.35. The second-order valence-corrected chi connectivity index (χ2v) is 4.65. The van der Waals surface area contributed by atoms with Crippen molar-refractivity contribution in [2.45, 2.75) is 13.8 Å². The van der Waals surface area contributed by atoms with Gasteiger partial charge in [-0.25, -0.2) is 4.79 Å². The first-order chi connectivity index (χ1) is 8.17. The Morgan fingerprint density at radius 1 is 1.35 bits per heavy atom. The van der Waals surface area contributed by atoms with Crippen LogP contribution in [0.4, 0.5) is 4.79 Å². The standard InChI is InChI=1S/C12H25N3O2/c1-4-17-12(16)15-7-5-14(6-8-15)10-11(2)9-13-3/h11,13H,4-10H2,1-3H3. The highest BCUT2D eigenvalue weighted by Gasteiger charge is 2.22. The monoisotopic (exact) mass is 243 g/mol. The average Bonchev–Trinajstić information content (AvgIpc) is 2.30. The number of rotatable bonds is 5. The first-order valence-corrected chi connectivity index (χ1v) is 6.46. The van der Waals surface area contributed by atoms with E-state index in [1.807, 2.05) is 14.0 Å². The van der Waals surface area contributed by atoms with Crippen molar-refractivity contribution in [1.82, 2.24) is 15.1 Å². The first kappa shape index (κ1) is 14.3. The summed E-state index contributed by atoms with van der Waals surface area (Å²) in [6.45, 7) is 10.1. The maximum Gasteiger partial charge on any atom is 0.409 e. The van der Waals surface area contributed by atoms with Gasteiger partial charge >= 0.3 is 6.09 Å². The van der Waals surface area contributed by atoms with Gasteiger partial charge in [0.25, 0.3) is 0 Å². The molecule has 0 aliphatic carbocycles. The minimum absolute atomic E-state index is 0.171. The number of carbonyl (C=O) groups is 1. The number of amides is 1. The van der Waals surface area contributed by atoms with E-state index in [-0.39, 0.29) is 6.09 Å². The fourth-order valence-electron chi connectivity index (χ4n) is 2.18. The Balaban J connectivity index is 2.23. The number of ether oxygens (including phenoxy) is 1. The van der Waals surface area contributed by atoms with Crippen LogP contribution < -0.4 is 5.32 Å². The summed E-state index contributed by atoms with van der Waals surface area (Å²) in [7, 11) is 1.98. The molecular weight excluding hydrogens is 218 g/mol. The Morgan fingerprint density at radius 2 is 2.00 bits per heavy atom. The second-order valence-electron chi connectivity index (χ2n) is 4.65. The van der Waals surface area contributed by atoms with E-state index in [9.17, 15) is 4.79 Å². The van der Waals surface area contributed by atoms with Crippen molar-refractivity contribution >= 4 is 6.09 Å². The van der Waals surface area contributed by atoms with E-state index in [1.165, 1.54) is 0 Å². The van der Waals surface area contributed by atoms with E-state index < -0.39 is 0 Å². The van der Waals surface area contributed by atoms with Crippen molar-refractivity contribution in [1.29, 1.82) is 0 Å². The first-order valence-electron chi connectivity index (χ1n) is 6.46. The van der Waals surface area contributed by atoms with Crippen LogP contribution >= 0.6 is 0 Å².